The summed E-state index contributed by atoms with van der Waals surface area (Å²) in [5.74, 6) is -4.65. The Labute approximate surface area is 91.3 Å². The molecular formula is C10H10N2O4. The van der Waals surface area contributed by atoms with Crippen LogP contribution in [0.15, 0.2) is 12.1 Å². The van der Waals surface area contributed by atoms with E-state index in [1.807, 2.05) is 0 Å². The van der Waals surface area contributed by atoms with E-state index in [9.17, 15) is 14.4 Å². The van der Waals surface area contributed by atoms with E-state index >= 15 is 0 Å². The molecule has 0 radical (unpaired) electrons. The largest absolute Gasteiger partial charge is 0.475 e. The standard InChI is InChI=1S/C10H10N2O4/c1-5-3-4-7(12-11-5)8(13)6(2)9(14)10(15)16/h3-4,6H,1-2H3,(H,15,16). The van der Waals surface area contributed by atoms with Gasteiger partial charge in [0, 0.05) is 0 Å². The van der Waals surface area contributed by atoms with E-state index in [1.54, 1.807) is 13.0 Å². The Morgan fingerprint density at radius 1 is 1.25 bits per heavy atom. The number of aryl methyl sites for hydroxylation is 1. The lowest BCUT2D eigenvalue weighted by molar-refractivity contribution is -0.150. The fourth-order valence-electron chi connectivity index (χ4n) is 1.06. The van der Waals surface area contributed by atoms with E-state index < -0.39 is 23.5 Å². The molecule has 0 spiro atoms. The minimum Gasteiger partial charge on any atom is -0.475 e. The van der Waals surface area contributed by atoms with Gasteiger partial charge in [-0.3, -0.25) is 9.59 Å². The first-order valence-electron chi connectivity index (χ1n) is 4.55. The summed E-state index contributed by atoms with van der Waals surface area (Å²) < 4.78 is 0. The number of carbonyl (C=O) groups is 3. The molecule has 0 aromatic carbocycles. The van der Waals surface area contributed by atoms with Gasteiger partial charge >= 0.3 is 5.97 Å². The number of Topliss-reactive ketones (excluding diaryl/α,β-unsaturated/α-hetero) is 2. The van der Waals surface area contributed by atoms with Gasteiger partial charge in [0.05, 0.1) is 11.6 Å². The highest BCUT2D eigenvalue weighted by molar-refractivity contribution is 6.38. The highest BCUT2D eigenvalue weighted by Gasteiger charge is 2.28. The average molecular weight is 222 g/mol. The van der Waals surface area contributed by atoms with Crippen molar-refractivity contribution in [2.24, 2.45) is 5.92 Å². The normalized spacial score (nSPS) is 11.9. The topological polar surface area (TPSA) is 97.2 Å². The van der Waals surface area contributed by atoms with Crippen LogP contribution in [-0.2, 0) is 9.59 Å². The lowest BCUT2D eigenvalue weighted by atomic mass is 9.99. The third kappa shape index (κ3) is 2.47. The van der Waals surface area contributed by atoms with Crippen molar-refractivity contribution in [3.05, 3.63) is 23.5 Å². The SMILES string of the molecule is Cc1ccc(C(=O)C(C)C(=O)C(=O)O)nn1. The third-order valence-electron chi connectivity index (χ3n) is 2.05. The average Bonchev–Trinajstić information content (AvgIpc) is 2.27. The number of hydrogen-bond donors (Lipinski definition) is 1. The molecule has 1 heterocycles. The number of aliphatic carboxylic acids is 1. The van der Waals surface area contributed by atoms with Crippen molar-refractivity contribution >= 4 is 17.5 Å². The molecule has 0 aliphatic rings. The summed E-state index contributed by atoms with van der Waals surface area (Å²) in [5.41, 5.74) is 0.626. The van der Waals surface area contributed by atoms with Gasteiger partial charge in [0.25, 0.3) is 0 Å². The van der Waals surface area contributed by atoms with Crippen LogP contribution in [0, 0.1) is 12.8 Å². The molecule has 6 heteroatoms. The molecule has 0 saturated carbocycles. The molecule has 0 saturated heterocycles. The fraction of sp³-hybridized carbons (Fsp3) is 0.300. The fourth-order valence-corrected chi connectivity index (χ4v) is 1.06. The van der Waals surface area contributed by atoms with Crippen molar-refractivity contribution in [2.75, 3.05) is 0 Å². The molecule has 16 heavy (non-hydrogen) atoms. The van der Waals surface area contributed by atoms with Crippen LogP contribution < -0.4 is 0 Å². The van der Waals surface area contributed by atoms with E-state index in [1.165, 1.54) is 13.0 Å². The number of carboxylic acids is 1. The van der Waals surface area contributed by atoms with Crippen LogP contribution in [0.5, 0.6) is 0 Å². The summed E-state index contributed by atoms with van der Waals surface area (Å²) >= 11 is 0. The van der Waals surface area contributed by atoms with Gasteiger partial charge in [-0.25, -0.2) is 4.79 Å². The Kier molecular flexibility index (Phi) is 3.44. The third-order valence-corrected chi connectivity index (χ3v) is 2.05. The van der Waals surface area contributed by atoms with E-state index in [-0.39, 0.29) is 5.69 Å². The summed E-state index contributed by atoms with van der Waals surface area (Å²) in [6, 6.07) is 2.98. The Bertz CT molecular complexity index is 439. The van der Waals surface area contributed by atoms with Crippen LogP contribution >= 0.6 is 0 Å². The maximum atomic E-state index is 11.6. The van der Waals surface area contributed by atoms with Crippen LogP contribution in [0.25, 0.3) is 0 Å². The number of nitrogens with zero attached hydrogens (tertiary/aromatic N) is 2. The molecule has 1 unspecified atom stereocenters. The number of hydrogen-bond acceptors (Lipinski definition) is 5. The molecule has 1 atom stereocenters. The number of ketones is 2. The Balaban J connectivity index is 2.90. The van der Waals surface area contributed by atoms with E-state index in [0.717, 1.165) is 0 Å². The number of carbonyl (C=O) groups excluding carboxylic acids is 2. The smallest absolute Gasteiger partial charge is 0.372 e. The van der Waals surface area contributed by atoms with Crippen molar-refractivity contribution in [3.63, 3.8) is 0 Å². The van der Waals surface area contributed by atoms with Gasteiger partial charge in [0.2, 0.25) is 5.78 Å². The van der Waals surface area contributed by atoms with Gasteiger partial charge in [0.1, 0.15) is 5.69 Å². The van der Waals surface area contributed by atoms with Crippen molar-refractivity contribution in [3.8, 4) is 0 Å². The minimum atomic E-state index is -1.62. The second-order valence-corrected chi connectivity index (χ2v) is 3.32. The molecule has 84 valence electrons. The zero-order chi connectivity index (χ0) is 12.3. The van der Waals surface area contributed by atoms with Crippen molar-refractivity contribution in [2.45, 2.75) is 13.8 Å². The van der Waals surface area contributed by atoms with Crippen molar-refractivity contribution in [1.29, 1.82) is 0 Å². The van der Waals surface area contributed by atoms with Crippen LogP contribution in [0.2, 0.25) is 0 Å². The lowest BCUT2D eigenvalue weighted by Crippen LogP contribution is -2.28. The summed E-state index contributed by atoms with van der Waals surface area (Å²) in [5, 5.41) is 15.7. The maximum absolute atomic E-state index is 11.6. The zero-order valence-corrected chi connectivity index (χ0v) is 8.80. The number of aromatic nitrogens is 2. The predicted octanol–water partition coefficient (Wildman–Crippen LogP) is 0.258. The maximum Gasteiger partial charge on any atom is 0.372 e. The van der Waals surface area contributed by atoms with Crippen molar-refractivity contribution < 1.29 is 19.5 Å². The lowest BCUT2D eigenvalue weighted by Gasteiger charge is -2.04. The number of rotatable bonds is 4. The molecular weight excluding hydrogens is 212 g/mol. The first-order chi connectivity index (χ1) is 7.43. The molecule has 0 fully saturated rings. The van der Waals surface area contributed by atoms with Gasteiger partial charge in [-0.1, -0.05) is 0 Å². The van der Waals surface area contributed by atoms with E-state index in [2.05, 4.69) is 10.2 Å². The molecule has 0 aliphatic carbocycles. The quantitative estimate of drug-likeness (QED) is 0.445. The first kappa shape index (κ1) is 12.0. The van der Waals surface area contributed by atoms with Crippen LogP contribution in [-0.4, -0.2) is 32.8 Å². The predicted molar refractivity (Wildman–Crippen MR) is 52.9 cm³/mol. The second-order valence-electron chi connectivity index (χ2n) is 3.32. The Morgan fingerprint density at radius 3 is 2.31 bits per heavy atom. The van der Waals surface area contributed by atoms with Gasteiger partial charge < -0.3 is 5.11 Å². The highest BCUT2D eigenvalue weighted by Crippen LogP contribution is 2.07. The monoisotopic (exact) mass is 222 g/mol. The summed E-state index contributed by atoms with van der Waals surface area (Å²) in [7, 11) is 0. The summed E-state index contributed by atoms with van der Waals surface area (Å²) in [6.45, 7) is 2.94. The molecule has 1 aromatic heterocycles. The van der Waals surface area contributed by atoms with Gasteiger partial charge in [-0.15, -0.1) is 5.10 Å². The molecule has 1 aromatic rings. The second kappa shape index (κ2) is 4.61. The number of carboxylic acid groups (broad SMARTS) is 1. The Morgan fingerprint density at radius 2 is 1.88 bits per heavy atom. The van der Waals surface area contributed by atoms with Crippen LogP contribution in [0.1, 0.15) is 23.1 Å². The summed E-state index contributed by atoms with van der Waals surface area (Å²) in [6.07, 6.45) is 0. The molecule has 1 N–H and O–H groups in total. The molecule has 0 amide bonds. The molecule has 1 rings (SSSR count). The first-order valence-corrected chi connectivity index (χ1v) is 4.55. The van der Waals surface area contributed by atoms with E-state index in [0.29, 0.717) is 5.69 Å². The highest BCUT2D eigenvalue weighted by atomic mass is 16.4. The van der Waals surface area contributed by atoms with Crippen LogP contribution in [0.4, 0.5) is 0 Å². The zero-order valence-electron chi connectivity index (χ0n) is 8.80. The van der Waals surface area contributed by atoms with Crippen molar-refractivity contribution in [1.82, 2.24) is 10.2 Å². The van der Waals surface area contributed by atoms with Gasteiger partial charge in [-0.05, 0) is 26.0 Å². The Hall–Kier alpha value is -2.11. The van der Waals surface area contributed by atoms with Gasteiger partial charge in [-0.2, -0.15) is 5.10 Å². The minimum absolute atomic E-state index is 0.00676. The van der Waals surface area contributed by atoms with Gasteiger partial charge in [0.15, 0.2) is 5.78 Å². The van der Waals surface area contributed by atoms with Crippen LogP contribution in [0.3, 0.4) is 0 Å². The summed E-state index contributed by atoms with van der Waals surface area (Å²) in [4.78, 5) is 33.1. The van der Waals surface area contributed by atoms with E-state index in [4.69, 9.17) is 5.11 Å². The molecule has 0 bridgehead atoms. The molecule has 0 aliphatic heterocycles. The molecule has 6 nitrogen and oxygen atoms in total.